The Hall–Kier alpha value is -3.80. The van der Waals surface area contributed by atoms with Crippen LogP contribution in [0.5, 0.6) is 11.5 Å². The van der Waals surface area contributed by atoms with Crippen molar-refractivity contribution < 1.29 is 19.1 Å². The fourth-order valence-electron chi connectivity index (χ4n) is 4.36. The zero-order valence-corrected chi connectivity index (χ0v) is 20.1. The Bertz CT molecular complexity index is 1130. The predicted octanol–water partition coefficient (Wildman–Crippen LogP) is 5.80. The van der Waals surface area contributed by atoms with Crippen LogP contribution >= 0.6 is 0 Å². The highest BCUT2D eigenvalue weighted by atomic mass is 16.5. The van der Waals surface area contributed by atoms with E-state index >= 15 is 0 Å². The van der Waals surface area contributed by atoms with Crippen LogP contribution in [-0.4, -0.2) is 43.0 Å². The molecule has 1 N–H and O–H groups in total. The maximum absolute atomic E-state index is 13.2. The molecule has 6 nitrogen and oxygen atoms in total. The van der Waals surface area contributed by atoms with Crippen molar-refractivity contribution in [3.63, 3.8) is 0 Å². The van der Waals surface area contributed by atoms with Gasteiger partial charge in [-0.2, -0.15) is 0 Å². The van der Waals surface area contributed by atoms with Crippen molar-refractivity contribution >= 4 is 17.5 Å². The van der Waals surface area contributed by atoms with E-state index in [0.717, 1.165) is 31.4 Å². The highest BCUT2D eigenvalue weighted by molar-refractivity contribution is 6.09. The monoisotopic (exact) mass is 472 g/mol. The van der Waals surface area contributed by atoms with Gasteiger partial charge in [0.15, 0.2) is 0 Å². The number of anilines is 1. The summed E-state index contributed by atoms with van der Waals surface area (Å²) in [6.45, 7) is 0.745. The standard InChI is InChI=1S/C29H32N2O4/c1-31(23-12-4-2-5-13-23)29(33)26-17-8-9-18-27(26)30-28(32)22-11-10-16-25(21-22)35-20-19-34-24-14-6-3-7-15-24/h3,6-11,14-18,21,23H,2,4-5,12-13,19-20H2,1H3,(H,30,32). The Morgan fingerprint density at radius 2 is 1.49 bits per heavy atom. The summed E-state index contributed by atoms with van der Waals surface area (Å²) in [6.07, 6.45) is 5.59. The van der Waals surface area contributed by atoms with Crippen LogP contribution in [0.1, 0.15) is 52.8 Å². The van der Waals surface area contributed by atoms with E-state index in [2.05, 4.69) is 5.32 Å². The van der Waals surface area contributed by atoms with Gasteiger partial charge in [-0.3, -0.25) is 9.59 Å². The molecule has 1 saturated carbocycles. The topological polar surface area (TPSA) is 67.9 Å². The highest BCUT2D eigenvalue weighted by Crippen LogP contribution is 2.25. The van der Waals surface area contributed by atoms with Crippen molar-refractivity contribution in [3.8, 4) is 11.5 Å². The van der Waals surface area contributed by atoms with Gasteiger partial charge < -0.3 is 19.7 Å². The number of para-hydroxylation sites is 2. The maximum atomic E-state index is 13.2. The number of carbonyl (C=O) groups excluding carboxylic acids is 2. The van der Waals surface area contributed by atoms with Gasteiger partial charge in [-0.05, 0) is 55.3 Å². The van der Waals surface area contributed by atoms with E-state index in [0.29, 0.717) is 35.8 Å². The number of benzene rings is 3. The first-order valence-corrected chi connectivity index (χ1v) is 12.2. The molecule has 2 amide bonds. The van der Waals surface area contributed by atoms with Gasteiger partial charge in [0, 0.05) is 18.7 Å². The first kappa shape index (κ1) is 24.3. The molecule has 0 heterocycles. The Morgan fingerprint density at radius 3 is 2.26 bits per heavy atom. The summed E-state index contributed by atoms with van der Waals surface area (Å²) in [6, 6.07) is 24.0. The molecule has 1 aliphatic rings. The summed E-state index contributed by atoms with van der Waals surface area (Å²) in [5.41, 5.74) is 1.46. The lowest BCUT2D eigenvalue weighted by Gasteiger charge is -2.31. The first-order valence-electron chi connectivity index (χ1n) is 12.2. The van der Waals surface area contributed by atoms with Gasteiger partial charge >= 0.3 is 0 Å². The summed E-state index contributed by atoms with van der Waals surface area (Å²) in [5, 5.41) is 2.91. The molecular formula is C29H32N2O4. The van der Waals surface area contributed by atoms with Crippen LogP contribution < -0.4 is 14.8 Å². The van der Waals surface area contributed by atoms with Crippen LogP contribution in [-0.2, 0) is 0 Å². The molecule has 35 heavy (non-hydrogen) atoms. The summed E-state index contributed by atoms with van der Waals surface area (Å²) in [7, 11) is 1.86. The number of nitrogens with one attached hydrogen (secondary N) is 1. The predicted molar refractivity (Wildman–Crippen MR) is 137 cm³/mol. The maximum Gasteiger partial charge on any atom is 0.255 e. The van der Waals surface area contributed by atoms with Crippen LogP contribution in [0.25, 0.3) is 0 Å². The molecule has 0 unspecified atom stereocenters. The fraction of sp³-hybridized carbons (Fsp3) is 0.310. The summed E-state index contributed by atoms with van der Waals surface area (Å²) >= 11 is 0. The molecule has 3 aromatic carbocycles. The quantitative estimate of drug-likeness (QED) is 0.400. The molecule has 0 radical (unpaired) electrons. The van der Waals surface area contributed by atoms with Gasteiger partial charge in [0.05, 0.1) is 11.3 Å². The SMILES string of the molecule is CN(C(=O)c1ccccc1NC(=O)c1cccc(OCCOc2ccccc2)c1)C1CCCCC1. The second kappa shape index (κ2) is 12.1. The lowest BCUT2D eigenvalue weighted by molar-refractivity contribution is 0.0697. The number of carbonyl (C=O) groups is 2. The second-order valence-corrected chi connectivity index (χ2v) is 8.75. The van der Waals surface area contributed by atoms with E-state index in [1.165, 1.54) is 6.42 Å². The second-order valence-electron chi connectivity index (χ2n) is 8.75. The van der Waals surface area contributed by atoms with Crippen LogP contribution in [0.15, 0.2) is 78.9 Å². The van der Waals surface area contributed by atoms with Gasteiger partial charge in [0.25, 0.3) is 11.8 Å². The van der Waals surface area contributed by atoms with Gasteiger partial charge in [0.2, 0.25) is 0 Å². The van der Waals surface area contributed by atoms with E-state index in [-0.39, 0.29) is 17.9 Å². The summed E-state index contributed by atoms with van der Waals surface area (Å²) in [5.74, 6) is 1.00. The molecule has 0 saturated heterocycles. The lowest BCUT2D eigenvalue weighted by Crippen LogP contribution is -2.38. The van der Waals surface area contributed by atoms with Crippen molar-refractivity contribution in [3.05, 3.63) is 90.0 Å². The third kappa shape index (κ3) is 6.63. The number of hydrogen-bond donors (Lipinski definition) is 1. The minimum absolute atomic E-state index is 0.0664. The highest BCUT2D eigenvalue weighted by Gasteiger charge is 2.25. The molecular weight excluding hydrogens is 440 g/mol. The Morgan fingerprint density at radius 1 is 0.829 bits per heavy atom. The Labute approximate surface area is 206 Å². The Balaban J connectivity index is 1.37. The van der Waals surface area contributed by atoms with Crippen molar-refractivity contribution in [1.29, 1.82) is 0 Å². The zero-order valence-electron chi connectivity index (χ0n) is 20.1. The zero-order chi connectivity index (χ0) is 24.5. The smallest absolute Gasteiger partial charge is 0.255 e. The van der Waals surface area contributed by atoms with E-state index in [1.54, 1.807) is 36.4 Å². The van der Waals surface area contributed by atoms with E-state index in [1.807, 2.05) is 54.4 Å². The van der Waals surface area contributed by atoms with Gasteiger partial charge in [-0.1, -0.05) is 55.7 Å². The molecule has 0 atom stereocenters. The van der Waals surface area contributed by atoms with Crippen LogP contribution in [0.2, 0.25) is 0 Å². The third-order valence-electron chi connectivity index (χ3n) is 6.31. The van der Waals surface area contributed by atoms with Crippen molar-refractivity contribution in [2.75, 3.05) is 25.6 Å². The van der Waals surface area contributed by atoms with E-state index in [9.17, 15) is 9.59 Å². The van der Waals surface area contributed by atoms with Gasteiger partial charge in [0.1, 0.15) is 24.7 Å². The largest absolute Gasteiger partial charge is 0.490 e. The van der Waals surface area contributed by atoms with Crippen molar-refractivity contribution in [2.45, 2.75) is 38.1 Å². The minimum Gasteiger partial charge on any atom is -0.490 e. The minimum atomic E-state index is -0.295. The molecule has 4 rings (SSSR count). The Kier molecular flexibility index (Phi) is 8.39. The van der Waals surface area contributed by atoms with E-state index in [4.69, 9.17) is 9.47 Å². The number of hydrogen-bond acceptors (Lipinski definition) is 4. The number of ether oxygens (including phenoxy) is 2. The fourth-order valence-corrected chi connectivity index (χ4v) is 4.36. The normalized spacial score (nSPS) is 13.6. The third-order valence-corrected chi connectivity index (χ3v) is 6.31. The van der Waals surface area contributed by atoms with Crippen LogP contribution in [0.3, 0.4) is 0 Å². The van der Waals surface area contributed by atoms with Crippen LogP contribution in [0.4, 0.5) is 5.69 Å². The first-order chi connectivity index (χ1) is 17.1. The summed E-state index contributed by atoms with van der Waals surface area (Å²) in [4.78, 5) is 28.1. The molecule has 0 spiro atoms. The number of nitrogens with zero attached hydrogens (tertiary/aromatic N) is 1. The van der Waals surface area contributed by atoms with E-state index < -0.39 is 0 Å². The molecule has 182 valence electrons. The average Bonchev–Trinajstić information content (AvgIpc) is 2.92. The van der Waals surface area contributed by atoms with Gasteiger partial charge in [-0.25, -0.2) is 0 Å². The molecule has 0 aromatic heterocycles. The van der Waals surface area contributed by atoms with Crippen LogP contribution in [0, 0.1) is 0 Å². The number of amides is 2. The summed E-state index contributed by atoms with van der Waals surface area (Å²) < 4.78 is 11.4. The van der Waals surface area contributed by atoms with Gasteiger partial charge in [-0.15, -0.1) is 0 Å². The lowest BCUT2D eigenvalue weighted by atomic mass is 9.94. The van der Waals surface area contributed by atoms with Crippen molar-refractivity contribution in [2.24, 2.45) is 0 Å². The molecule has 3 aromatic rings. The van der Waals surface area contributed by atoms with Crippen molar-refractivity contribution in [1.82, 2.24) is 4.90 Å². The average molecular weight is 473 g/mol. The molecule has 0 aliphatic heterocycles. The molecule has 0 bridgehead atoms. The molecule has 1 fully saturated rings. The molecule has 1 aliphatic carbocycles. The molecule has 6 heteroatoms. The number of rotatable bonds is 9.